The van der Waals surface area contributed by atoms with Crippen LogP contribution in [0.3, 0.4) is 0 Å². The number of ether oxygens (including phenoxy) is 1. The van der Waals surface area contributed by atoms with Crippen molar-refractivity contribution in [3.05, 3.63) is 23.8 Å². The summed E-state index contributed by atoms with van der Waals surface area (Å²) in [5, 5.41) is 0. The van der Waals surface area contributed by atoms with Gasteiger partial charge in [-0.2, -0.15) is 0 Å². The minimum absolute atomic E-state index is 0.0214. The quantitative estimate of drug-likeness (QED) is 0.738. The van der Waals surface area contributed by atoms with Crippen LogP contribution in [-0.2, 0) is 0 Å². The normalized spacial score (nSPS) is 12.2. The molecule has 114 valence electrons. The number of hydrogen-bond donors (Lipinski definition) is 1. The van der Waals surface area contributed by atoms with E-state index in [-0.39, 0.29) is 6.04 Å². The van der Waals surface area contributed by atoms with Crippen molar-refractivity contribution in [2.24, 2.45) is 5.73 Å². The molecule has 0 aliphatic heterocycles. The lowest BCUT2D eigenvalue weighted by Gasteiger charge is -2.29. The Kier molecular flexibility index (Phi) is 7.45. The summed E-state index contributed by atoms with van der Waals surface area (Å²) in [5.74, 6) is 0.899. The first kappa shape index (κ1) is 16.8. The van der Waals surface area contributed by atoms with Crippen molar-refractivity contribution < 1.29 is 4.74 Å². The summed E-state index contributed by atoms with van der Waals surface area (Å²) in [4.78, 5) is 2.47. The van der Waals surface area contributed by atoms with Gasteiger partial charge in [-0.15, -0.1) is 0 Å². The maximum absolute atomic E-state index is 6.18. The molecule has 1 atom stereocenters. The van der Waals surface area contributed by atoms with Crippen LogP contribution in [0.25, 0.3) is 0 Å². The van der Waals surface area contributed by atoms with Crippen molar-refractivity contribution in [2.75, 3.05) is 25.1 Å². The lowest BCUT2D eigenvalue weighted by Crippen LogP contribution is -2.28. The second kappa shape index (κ2) is 8.85. The van der Waals surface area contributed by atoms with Gasteiger partial charge in [0.05, 0.1) is 7.11 Å². The zero-order valence-electron chi connectivity index (χ0n) is 13.5. The number of benzene rings is 1. The van der Waals surface area contributed by atoms with E-state index < -0.39 is 0 Å². The van der Waals surface area contributed by atoms with Crippen LogP contribution in [0.1, 0.15) is 58.1 Å². The van der Waals surface area contributed by atoms with E-state index in [1.807, 2.05) is 13.0 Å². The summed E-state index contributed by atoms with van der Waals surface area (Å²) < 4.78 is 5.50. The van der Waals surface area contributed by atoms with Crippen LogP contribution < -0.4 is 15.4 Å². The average Bonchev–Trinajstić information content (AvgIpc) is 2.46. The van der Waals surface area contributed by atoms with E-state index in [2.05, 4.69) is 30.9 Å². The van der Waals surface area contributed by atoms with Crippen molar-refractivity contribution in [3.8, 4) is 5.75 Å². The highest BCUT2D eigenvalue weighted by Gasteiger charge is 2.17. The molecule has 0 aromatic heterocycles. The van der Waals surface area contributed by atoms with Gasteiger partial charge in [0.15, 0.2) is 0 Å². The molecule has 0 amide bonds. The highest BCUT2D eigenvalue weighted by Crippen LogP contribution is 2.34. The molecule has 0 radical (unpaired) electrons. The van der Waals surface area contributed by atoms with Crippen LogP contribution >= 0.6 is 0 Å². The molecule has 0 saturated heterocycles. The number of nitrogens with two attached hydrogens (primary N) is 1. The van der Waals surface area contributed by atoms with Crippen molar-refractivity contribution in [3.63, 3.8) is 0 Å². The fraction of sp³-hybridized carbons (Fsp3) is 0.647. The monoisotopic (exact) mass is 278 g/mol. The number of rotatable bonds is 9. The molecule has 1 aromatic rings. The summed E-state index contributed by atoms with van der Waals surface area (Å²) in [6.07, 6.45) is 4.83. The smallest absolute Gasteiger partial charge is 0.125 e. The van der Waals surface area contributed by atoms with Gasteiger partial charge >= 0.3 is 0 Å². The molecule has 0 bridgehead atoms. The predicted molar refractivity (Wildman–Crippen MR) is 87.6 cm³/mol. The van der Waals surface area contributed by atoms with Crippen LogP contribution in [0.2, 0.25) is 0 Å². The highest BCUT2D eigenvalue weighted by atomic mass is 16.5. The fourth-order valence-electron chi connectivity index (χ4n) is 2.49. The van der Waals surface area contributed by atoms with Crippen molar-refractivity contribution in [1.29, 1.82) is 0 Å². The van der Waals surface area contributed by atoms with E-state index >= 15 is 0 Å². The van der Waals surface area contributed by atoms with Gasteiger partial charge in [-0.1, -0.05) is 32.8 Å². The summed E-state index contributed by atoms with van der Waals surface area (Å²) in [5.41, 5.74) is 8.54. The van der Waals surface area contributed by atoms with Crippen molar-refractivity contribution >= 4 is 5.69 Å². The molecule has 0 fully saturated rings. The second-order valence-electron chi connectivity index (χ2n) is 5.38. The summed E-state index contributed by atoms with van der Waals surface area (Å²) >= 11 is 0. The van der Waals surface area contributed by atoms with Gasteiger partial charge in [-0.3, -0.25) is 0 Å². The molecule has 0 heterocycles. The first-order valence-electron chi connectivity index (χ1n) is 7.83. The van der Waals surface area contributed by atoms with E-state index in [1.165, 1.54) is 31.4 Å². The average molecular weight is 278 g/mol. The van der Waals surface area contributed by atoms with E-state index in [0.29, 0.717) is 0 Å². The largest absolute Gasteiger partial charge is 0.496 e. The SMILES string of the molecule is CCCCN(CCCC)c1cccc(OC)c1C(C)N. The van der Waals surface area contributed by atoms with Crippen LogP contribution in [0, 0.1) is 0 Å². The Hall–Kier alpha value is -1.22. The van der Waals surface area contributed by atoms with E-state index in [4.69, 9.17) is 10.5 Å². The standard InChI is InChI=1S/C17H30N2O/c1-5-7-12-19(13-8-6-2)15-10-9-11-16(20-4)17(15)14(3)18/h9-11,14H,5-8,12-13,18H2,1-4H3. The predicted octanol–water partition coefficient (Wildman–Crippen LogP) is 4.12. The summed E-state index contributed by atoms with van der Waals surface area (Å²) in [6.45, 7) is 8.66. The van der Waals surface area contributed by atoms with Gasteiger partial charge in [-0.05, 0) is 31.9 Å². The Morgan fingerprint density at radius 2 is 1.75 bits per heavy atom. The van der Waals surface area contributed by atoms with Gasteiger partial charge in [0.1, 0.15) is 5.75 Å². The van der Waals surface area contributed by atoms with E-state index in [9.17, 15) is 0 Å². The van der Waals surface area contributed by atoms with Gasteiger partial charge < -0.3 is 15.4 Å². The Balaban J connectivity index is 3.09. The minimum Gasteiger partial charge on any atom is -0.496 e. The summed E-state index contributed by atoms with van der Waals surface area (Å²) in [6, 6.07) is 6.21. The van der Waals surface area contributed by atoms with Crippen molar-refractivity contribution in [2.45, 2.75) is 52.5 Å². The molecule has 1 unspecified atom stereocenters. The molecule has 0 saturated carbocycles. The molecule has 1 aromatic carbocycles. The van der Waals surface area contributed by atoms with E-state index in [0.717, 1.165) is 24.4 Å². The number of anilines is 1. The first-order valence-corrected chi connectivity index (χ1v) is 7.83. The van der Waals surface area contributed by atoms with Gasteiger partial charge in [0.25, 0.3) is 0 Å². The lowest BCUT2D eigenvalue weighted by atomic mass is 10.0. The molecule has 20 heavy (non-hydrogen) atoms. The molecule has 3 heteroatoms. The number of unbranched alkanes of at least 4 members (excludes halogenated alkanes) is 2. The maximum atomic E-state index is 6.18. The molecule has 0 spiro atoms. The zero-order valence-corrected chi connectivity index (χ0v) is 13.5. The molecule has 2 N–H and O–H groups in total. The Morgan fingerprint density at radius 1 is 1.15 bits per heavy atom. The Morgan fingerprint density at radius 3 is 2.20 bits per heavy atom. The Labute approximate surface area is 124 Å². The Bertz CT molecular complexity index is 383. The molecule has 1 rings (SSSR count). The zero-order chi connectivity index (χ0) is 15.0. The minimum atomic E-state index is -0.0214. The second-order valence-corrected chi connectivity index (χ2v) is 5.38. The van der Waals surface area contributed by atoms with Gasteiger partial charge in [0, 0.05) is 30.4 Å². The number of nitrogens with zero attached hydrogens (tertiary/aromatic N) is 1. The van der Waals surface area contributed by atoms with Gasteiger partial charge in [0.2, 0.25) is 0 Å². The van der Waals surface area contributed by atoms with Crippen LogP contribution in [0.4, 0.5) is 5.69 Å². The summed E-state index contributed by atoms with van der Waals surface area (Å²) in [7, 11) is 1.72. The third-order valence-electron chi connectivity index (χ3n) is 3.62. The highest BCUT2D eigenvalue weighted by molar-refractivity contribution is 5.60. The van der Waals surface area contributed by atoms with Gasteiger partial charge in [-0.25, -0.2) is 0 Å². The van der Waals surface area contributed by atoms with Crippen molar-refractivity contribution in [1.82, 2.24) is 0 Å². The fourth-order valence-corrected chi connectivity index (χ4v) is 2.49. The molecule has 0 aliphatic rings. The maximum Gasteiger partial charge on any atom is 0.125 e. The molecule has 0 aliphatic carbocycles. The third-order valence-corrected chi connectivity index (χ3v) is 3.62. The van der Waals surface area contributed by atoms with E-state index in [1.54, 1.807) is 7.11 Å². The number of methoxy groups -OCH3 is 1. The topological polar surface area (TPSA) is 38.5 Å². The lowest BCUT2D eigenvalue weighted by molar-refractivity contribution is 0.407. The molecule has 3 nitrogen and oxygen atoms in total. The molecular weight excluding hydrogens is 248 g/mol. The number of hydrogen-bond acceptors (Lipinski definition) is 3. The molecular formula is C17H30N2O. The first-order chi connectivity index (χ1) is 9.65. The van der Waals surface area contributed by atoms with Crippen LogP contribution in [0.15, 0.2) is 18.2 Å². The van der Waals surface area contributed by atoms with Crippen LogP contribution in [-0.4, -0.2) is 20.2 Å². The third kappa shape index (κ3) is 4.41. The van der Waals surface area contributed by atoms with Crippen LogP contribution in [0.5, 0.6) is 5.75 Å².